The number of piperidine rings is 1. The summed E-state index contributed by atoms with van der Waals surface area (Å²) in [6.07, 6.45) is 1.77. The molecular formula is C15H18N4OS. The summed E-state index contributed by atoms with van der Waals surface area (Å²) in [4.78, 5) is 16.7. The fourth-order valence-electron chi connectivity index (χ4n) is 2.48. The number of carbonyl (C=O) groups excluding carboxylic acids is 1. The van der Waals surface area contributed by atoms with Crippen LogP contribution in [0.5, 0.6) is 0 Å². The van der Waals surface area contributed by atoms with Gasteiger partial charge in [0.15, 0.2) is 5.13 Å². The molecule has 0 bridgehead atoms. The van der Waals surface area contributed by atoms with Crippen molar-refractivity contribution in [2.75, 3.05) is 24.1 Å². The van der Waals surface area contributed by atoms with Gasteiger partial charge >= 0.3 is 0 Å². The number of nitrogen functional groups attached to an aromatic ring is 1. The summed E-state index contributed by atoms with van der Waals surface area (Å²) in [5.41, 5.74) is 8.35. The van der Waals surface area contributed by atoms with Crippen molar-refractivity contribution in [2.24, 2.45) is 5.92 Å². The predicted octanol–water partition coefficient (Wildman–Crippen LogP) is 2.33. The number of nitrogens with one attached hydrogen (secondary N) is 2. The van der Waals surface area contributed by atoms with Gasteiger partial charge in [0, 0.05) is 22.5 Å². The Morgan fingerprint density at radius 3 is 2.86 bits per heavy atom. The smallest absolute Gasteiger partial charge is 0.229 e. The van der Waals surface area contributed by atoms with Crippen LogP contribution in [-0.2, 0) is 4.79 Å². The van der Waals surface area contributed by atoms with Crippen molar-refractivity contribution in [1.29, 1.82) is 0 Å². The molecule has 21 heavy (non-hydrogen) atoms. The van der Waals surface area contributed by atoms with E-state index in [-0.39, 0.29) is 11.8 Å². The number of amides is 1. The second-order valence-electron chi connectivity index (χ2n) is 5.14. The fraction of sp³-hybridized carbons (Fsp3) is 0.333. The average Bonchev–Trinajstić information content (AvgIpc) is 2.97. The number of hydrogen-bond donors (Lipinski definition) is 3. The number of aromatic nitrogens is 1. The van der Waals surface area contributed by atoms with Crippen LogP contribution >= 0.6 is 11.3 Å². The van der Waals surface area contributed by atoms with Gasteiger partial charge in [-0.25, -0.2) is 4.98 Å². The highest BCUT2D eigenvalue weighted by molar-refractivity contribution is 7.14. The van der Waals surface area contributed by atoms with E-state index in [0.717, 1.165) is 37.2 Å². The van der Waals surface area contributed by atoms with Crippen LogP contribution in [0.15, 0.2) is 29.6 Å². The quantitative estimate of drug-likeness (QED) is 0.760. The Kier molecular flexibility index (Phi) is 4.17. The summed E-state index contributed by atoms with van der Waals surface area (Å²) in [7, 11) is 0. The molecule has 5 nitrogen and oxygen atoms in total. The van der Waals surface area contributed by atoms with Gasteiger partial charge in [-0.15, -0.1) is 11.3 Å². The number of nitrogens with two attached hydrogens (primary N) is 1. The lowest BCUT2D eigenvalue weighted by atomic mass is 9.97. The minimum atomic E-state index is 0.0680. The number of hydrogen-bond acceptors (Lipinski definition) is 5. The Morgan fingerprint density at radius 2 is 2.10 bits per heavy atom. The van der Waals surface area contributed by atoms with E-state index in [2.05, 4.69) is 15.6 Å². The first-order valence-electron chi connectivity index (χ1n) is 7.06. The average molecular weight is 302 g/mol. The summed E-state index contributed by atoms with van der Waals surface area (Å²) < 4.78 is 0. The first-order chi connectivity index (χ1) is 10.2. The molecule has 110 valence electrons. The molecule has 3 rings (SSSR count). The number of rotatable bonds is 3. The van der Waals surface area contributed by atoms with E-state index in [0.29, 0.717) is 10.8 Å². The van der Waals surface area contributed by atoms with Crippen LogP contribution in [0.3, 0.4) is 0 Å². The van der Waals surface area contributed by atoms with Crippen molar-refractivity contribution >= 4 is 28.1 Å². The van der Waals surface area contributed by atoms with Crippen LogP contribution in [0, 0.1) is 5.92 Å². The normalized spacial score (nSPS) is 15.8. The molecule has 0 atom stereocenters. The van der Waals surface area contributed by atoms with Gasteiger partial charge in [0.1, 0.15) is 0 Å². The maximum Gasteiger partial charge on any atom is 0.229 e. The van der Waals surface area contributed by atoms with Crippen molar-refractivity contribution in [3.05, 3.63) is 29.6 Å². The van der Waals surface area contributed by atoms with Crippen LogP contribution in [0.1, 0.15) is 12.8 Å². The predicted molar refractivity (Wildman–Crippen MR) is 86.2 cm³/mol. The lowest BCUT2D eigenvalue weighted by Crippen LogP contribution is -2.34. The number of benzene rings is 1. The third-order valence-electron chi connectivity index (χ3n) is 3.68. The summed E-state index contributed by atoms with van der Waals surface area (Å²) in [6.45, 7) is 1.81. The zero-order valence-corrected chi connectivity index (χ0v) is 12.5. The Bertz CT molecular complexity index is 634. The topological polar surface area (TPSA) is 80.0 Å². The molecule has 1 aliphatic rings. The lowest BCUT2D eigenvalue weighted by Gasteiger charge is -2.21. The summed E-state index contributed by atoms with van der Waals surface area (Å²) in [5, 5.41) is 8.74. The van der Waals surface area contributed by atoms with Gasteiger partial charge in [-0.3, -0.25) is 4.79 Å². The molecule has 1 fully saturated rings. The standard InChI is InChI=1S/C15H18N4OS/c16-12-4-2-1-3-11(12)13-9-21-15(18-13)19-14(20)10-5-7-17-8-6-10/h1-4,9-10,17H,5-8,16H2,(H,18,19,20). The largest absolute Gasteiger partial charge is 0.398 e. The monoisotopic (exact) mass is 302 g/mol. The first kappa shape index (κ1) is 14.0. The van der Waals surface area contributed by atoms with E-state index in [9.17, 15) is 4.79 Å². The maximum absolute atomic E-state index is 12.2. The van der Waals surface area contributed by atoms with Crippen molar-refractivity contribution in [3.63, 3.8) is 0 Å². The van der Waals surface area contributed by atoms with Crippen LogP contribution in [0.25, 0.3) is 11.3 Å². The van der Waals surface area contributed by atoms with Crippen LogP contribution in [0.2, 0.25) is 0 Å². The molecule has 1 saturated heterocycles. The first-order valence-corrected chi connectivity index (χ1v) is 7.94. The molecule has 1 aromatic carbocycles. The molecule has 0 unspecified atom stereocenters. The van der Waals surface area contributed by atoms with Crippen LogP contribution in [-0.4, -0.2) is 24.0 Å². The van der Waals surface area contributed by atoms with Crippen molar-refractivity contribution in [2.45, 2.75) is 12.8 Å². The molecule has 0 saturated carbocycles. The molecule has 2 aromatic rings. The second-order valence-corrected chi connectivity index (χ2v) is 6.00. The summed E-state index contributed by atoms with van der Waals surface area (Å²) >= 11 is 1.43. The molecule has 1 aliphatic heterocycles. The van der Waals surface area contributed by atoms with Crippen molar-refractivity contribution in [1.82, 2.24) is 10.3 Å². The Balaban J connectivity index is 1.70. The highest BCUT2D eigenvalue weighted by Gasteiger charge is 2.21. The zero-order chi connectivity index (χ0) is 14.7. The van der Waals surface area contributed by atoms with Gasteiger partial charge in [-0.2, -0.15) is 0 Å². The highest BCUT2D eigenvalue weighted by atomic mass is 32.1. The molecule has 1 amide bonds. The lowest BCUT2D eigenvalue weighted by molar-refractivity contribution is -0.120. The van der Waals surface area contributed by atoms with E-state index >= 15 is 0 Å². The number of anilines is 2. The van der Waals surface area contributed by atoms with Gasteiger partial charge in [-0.1, -0.05) is 18.2 Å². The van der Waals surface area contributed by atoms with Crippen molar-refractivity contribution < 1.29 is 4.79 Å². The molecule has 2 heterocycles. The van der Waals surface area contributed by atoms with Gasteiger partial charge < -0.3 is 16.4 Å². The fourth-order valence-corrected chi connectivity index (χ4v) is 3.19. The van der Waals surface area contributed by atoms with E-state index in [1.807, 2.05) is 29.6 Å². The number of nitrogens with zero attached hydrogens (tertiary/aromatic N) is 1. The minimum absolute atomic E-state index is 0.0680. The third kappa shape index (κ3) is 3.22. The van der Waals surface area contributed by atoms with Gasteiger partial charge in [0.25, 0.3) is 0 Å². The number of thiazole rings is 1. The van der Waals surface area contributed by atoms with Gasteiger partial charge in [0.05, 0.1) is 5.69 Å². The molecule has 0 spiro atoms. The molecular weight excluding hydrogens is 284 g/mol. The molecule has 4 N–H and O–H groups in total. The molecule has 0 radical (unpaired) electrons. The van der Waals surface area contributed by atoms with E-state index in [4.69, 9.17) is 5.73 Å². The van der Waals surface area contributed by atoms with E-state index in [1.54, 1.807) is 0 Å². The number of carbonyl (C=O) groups is 1. The zero-order valence-electron chi connectivity index (χ0n) is 11.6. The summed E-state index contributed by atoms with van der Waals surface area (Å²) in [5.74, 6) is 0.152. The molecule has 1 aromatic heterocycles. The van der Waals surface area contributed by atoms with E-state index < -0.39 is 0 Å². The second kappa shape index (κ2) is 6.24. The summed E-state index contributed by atoms with van der Waals surface area (Å²) in [6, 6.07) is 7.61. The van der Waals surface area contributed by atoms with Crippen LogP contribution in [0.4, 0.5) is 10.8 Å². The van der Waals surface area contributed by atoms with Crippen molar-refractivity contribution in [3.8, 4) is 11.3 Å². The highest BCUT2D eigenvalue weighted by Crippen LogP contribution is 2.29. The Morgan fingerprint density at radius 1 is 1.33 bits per heavy atom. The Hall–Kier alpha value is -1.92. The third-order valence-corrected chi connectivity index (χ3v) is 4.44. The molecule has 6 heteroatoms. The SMILES string of the molecule is Nc1ccccc1-c1csc(NC(=O)C2CCNCC2)n1. The Labute approximate surface area is 127 Å². The van der Waals surface area contributed by atoms with Crippen LogP contribution < -0.4 is 16.4 Å². The minimum Gasteiger partial charge on any atom is -0.398 e. The molecule has 0 aliphatic carbocycles. The van der Waals surface area contributed by atoms with E-state index in [1.165, 1.54) is 11.3 Å². The van der Waals surface area contributed by atoms with Gasteiger partial charge in [-0.05, 0) is 32.0 Å². The maximum atomic E-state index is 12.2. The van der Waals surface area contributed by atoms with Gasteiger partial charge in [0.2, 0.25) is 5.91 Å². The number of para-hydroxylation sites is 1.